The van der Waals surface area contributed by atoms with Gasteiger partial charge in [-0.3, -0.25) is 0 Å². The van der Waals surface area contributed by atoms with Crippen LogP contribution in [-0.2, 0) is 0 Å². The number of anilines is 2. The van der Waals surface area contributed by atoms with Crippen molar-refractivity contribution in [3.05, 3.63) is 59.9 Å². The van der Waals surface area contributed by atoms with Crippen LogP contribution in [0.5, 0.6) is 0 Å². The molecule has 0 fully saturated rings. The van der Waals surface area contributed by atoms with Gasteiger partial charge in [-0.05, 0) is 49.0 Å². The van der Waals surface area contributed by atoms with E-state index in [2.05, 4.69) is 5.32 Å². The van der Waals surface area contributed by atoms with E-state index in [1.54, 1.807) is 13.0 Å². The number of hydrogen-bond acceptors (Lipinski definition) is 1. The first-order valence-corrected chi connectivity index (χ1v) is 6.34. The van der Waals surface area contributed by atoms with Gasteiger partial charge in [-0.15, -0.1) is 0 Å². The number of halogens is 1. The Morgan fingerprint density at radius 2 is 1.84 bits per heavy atom. The van der Waals surface area contributed by atoms with Gasteiger partial charge in [0, 0.05) is 18.4 Å². The molecule has 0 aliphatic rings. The maximum atomic E-state index is 13.5. The van der Waals surface area contributed by atoms with Gasteiger partial charge in [-0.25, -0.2) is 4.39 Å². The minimum atomic E-state index is -0.241. The molecule has 2 rings (SSSR count). The second kappa shape index (κ2) is 5.80. The zero-order valence-electron chi connectivity index (χ0n) is 10.9. The Morgan fingerprint density at radius 1 is 1.16 bits per heavy atom. The minimum Gasteiger partial charge on any atom is -0.332 e. The van der Waals surface area contributed by atoms with Crippen molar-refractivity contribution in [3.63, 3.8) is 0 Å². The van der Waals surface area contributed by atoms with Gasteiger partial charge in [-0.1, -0.05) is 24.3 Å². The minimum absolute atomic E-state index is 0.241. The predicted octanol–water partition coefficient (Wildman–Crippen LogP) is 3.97. The van der Waals surface area contributed by atoms with Crippen molar-refractivity contribution in [2.45, 2.75) is 6.92 Å². The fourth-order valence-corrected chi connectivity index (χ4v) is 1.87. The molecule has 0 amide bonds. The van der Waals surface area contributed by atoms with Crippen LogP contribution in [0.4, 0.5) is 15.8 Å². The van der Waals surface area contributed by atoms with Gasteiger partial charge < -0.3 is 10.2 Å². The number of thiocarbonyl (C=S) groups is 1. The highest BCUT2D eigenvalue weighted by atomic mass is 32.1. The normalized spacial score (nSPS) is 10.1. The first-order valence-electron chi connectivity index (χ1n) is 5.94. The summed E-state index contributed by atoms with van der Waals surface area (Å²) >= 11 is 5.31. The molecule has 0 saturated carbocycles. The van der Waals surface area contributed by atoms with E-state index in [9.17, 15) is 4.39 Å². The molecule has 0 heterocycles. The fraction of sp³-hybridized carbons (Fsp3) is 0.133. The highest BCUT2D eigenvalue weighted by Crippen LogP contribution is 2.16. The van der Waals surface area contributed by atoms with E-state index in [-0.39, 0.29) is 5.82 Å². The second-order valence-corrected chi connectivity index (χ2v) is 4.68. The van der Waals surface area contributed by atoms with Crippen LogP contribution < -0.4 is 10.2 Å². The smallest absolute Gasteiger partial charge is 0.177 e. The molecule has 0 radical (unpaired) electrons. The Morgan fingerprint density at radius 3 is 2.47 bits per heavy atom. The van der Waals surface area contributed by atoms with Gasteiger partial charge in [0.05, 0.1) is 0 Å². The van der Waals surface area contributed by atoms with E-state index >= 15 is 0 Å². The van der Waals surface area contributed by atoms with Gasteiger partial charge >= 0.3 is 0 Å². The summed E-state index contributed by atoms with van der Waals surface area (Å²) in [4.78, 5) is 1.84. The number of nitrogens with one attached hydrogen (secondary N) is 1. The Balaban J connectivity index is 2.10. The lowest BCUT2D eigenvalue weighted by Crippen LogP contribution is -2.30. The number of nitrogens with zero attached hydrogens (tertiary/aromatic N) is 1. The SMILES string of the molecule is Cc1ccc(NC(=S)N(C)c2ccccc2)cc1F. The zero-order valence-corrected chi connectivity index (χ0v) is 11.7. The van der Waals surface area contributed by atoms with Gasteiger partial charge in [0.25, 0.3) is 0 Å². The molecule has 0 aliphatic carbocycles. The largest absolute Gasteiger partial charge is 0.332 e. The number of benzene rings is 2. The lowest BCUT2D eigenvalue weighted by Gasteiger charge is -2.21. The molecule has 0 atom stereocenters. The van der Waals surface area contributed by atoms with Crippen molar-refractivity contribution < 1.29 is 4.39 Å². The standard InChI is InChI=1S/C15H15FN2S/c1-11-8-9-12(10-14(11)16)17-15(19)18(2)13-6-4-3-5-7-13/h3-10H,1-2H3,(H,17,19). The average Bonchev–Trinajstić information content (AvgIpc) is 2.43. The number of aryl methyl sites for hydroxylation is 1. The summed E-state index contributed by atoms with van der Waals surface area (Å²) < 4.78 is 13.5. The van der Waals surface area contributed by atoms with Crippen LogP contribution in [0.15, 0.2) is 48.5 Å². The van der Waals surface area contributed by atoms with Crippen molar-refractivity contribution in [3.8, 4) is 0 Å². The summed E-state index contributed by atoms with van der Waals surface area (Å²) in [6, 6.07) is 14.7. The van der Waals surface area contributed by atoms with Gasteiger partial charge in [-0.2, -0.15) is 0 Å². The molecule has 0 aromatic heterocycles. The highest BCUT2D eigenvalue weighted by molar-refractivity contribution is 7.80. The van der Waals surface area contributed by atoms with Crippen molar-refractivity contribution in [1.29, 1.82) is 0 Å². The lowest BCUT2D eigenvalue weighted by molar-refractivity contribution is 0.619. The molecule has 4 heteroatoms. The van der Waals surface area contributed by atoms with Crippen LogP contribution in [0.25, 0.3) is 0 Å². The quantitative estimate of drug-likeness (QED) is 0.834. The van der Waals surface area contributed by atoms with Gasteiger partial charge in [0.2, 0.25) is 0 Å². The van der Waals surface area contributed by atoms with Crippen LogP contribution >= 0.6 is 12.2 Å². The molecule has 0 aliphatic heterocycles. The van der Waals surface area contributed by atoms with Crippen LogP contribution in [0.3, 0.4) is 0 Å². The third-order valence-corrected chi connectivity index (χ3v) is 3.25. The average molecular weight is 274 g/mol. The first-order chi connectivity index (χ1) is 9.08. The molecule has 2 aromatic rings. The number of para-hydroxylation sites is 1. The molecule has 19 heavy (non-hydrogen) atoms. The van der Waals surface area contributed by atoms with E-state index in [0.717, 1.165) is 5.69 Å². The van der Waals surface area contributed by atoms with E-state index < -0.39 is 0 Å². The Kier molecular flexibility index (Phi) is 4.12. The summed E-state index contributed by atoms with van der Waals surface area (Å²) in [6.07, 6.45) is 0. The highest BCUT2D eigenvalue weighted by Gasteiger charge is 2.07. The molecule has 0 unspecified atom stereocenters. The summed E-state index contributed by atoms with van der Waals surface area (Å²) in [6.45, 7) is 1.73. The van der Waals surface area contributed by atoms with Crippen molar-refractivity contribution in [2.75, 3.05) is 17.3 Å². The Hall–Kier alpha value is -1.94. The number of rotatable bonds is 2. The van der Waals surface area contributed by atoms with E-state index in [0.29, 0.717) is 16.4 Å². The monoisotopic (exact) mass is 274 g/mol. The lowest BCUT2D eigenvalue weighted by atomic mass is 10.2. The summed E-state index contributed by atoms with van der Waals surface area (Å²) in [5.41, 5.74) is 2.25. The maximum absolute atomic E-state index is 13.5. The zero-order chi connectivity index (χ0) is 13.8. The van der Waals surface area contributed by atoms with Gasteiger partial charge in [0.1, 0.15) is 5.82 Å². The topological polar surface area (TPSA) is 15.3 Å². The molecule has 2 aromatic carbocycles. The molecule has 0 spiro atoms. The van der Waals surface area contributed by atoms with Crippen LogP contribution in [0, 0.1) is 12.7 Å². The van der Waals surface area contributed by atoms with Crippen molar-refractivity contribution in [2.24, 2.45) is 0 Å². The summed E-state index contributed by atoms with van der Waals surface area (Å²) in [5.74, 6) is -0.241. The molecule has 98 valence electrons. The summed E-state index contributed by atoms with van der Waals surface area (Å²) in [5, 5.41) is 3.55. The first kappa shape index (κ1) is 13.5. The molecule has 1 N–H and O–H groups in total. The van der Waals surface area contributed by atoms with E-state index in [1.165, 1.54) is 6.07 Å². The van der Waals surface area contributed by atoms with Crippen molar-refractivity contribution in [1.82, 2.24) is 0 Å². The Labute approximate surface area is 117 Å². The predicted molar refractivity (Wildman–Crippen MR) is 82.2 cm³/mol. The van der Waals surface area contributed by atoms with E-state index in [1.807, 2.05) is 48.3 Å². The van der Waals surface area contributed by atoms with Gasteiger partial charge in [0.15, 0.2) is 5.11 Å². The van der Waals surface area contributed by atoms with Crippen molar-refractivity contribution >= 4 is 28.7 Å². The summed E-state index contributed by atoms with van der Waals surface area (Å²) in [7, 11) is 1.87. The Bertz CT molecular complexity index is 584. The van der Waals surface area contributed by atoms with Crippen LogP contribution in [0.1, 0.15) is 5.56 Å². The maximum Gasteiger partial charge on any atom is 0.177 e. The molecular formula is C15H15FN2S. The fourth-order valence-electron chi connectivity index (χ4n) is 1.65. The molecule has 0 bridgehead atoms. The third-order valence-electron chi connectivity index (χ3n) is 2.87. The van der Waals surface area contributed by atoms with E-state index in [4.69, 9.17) is 12.2 Å². The van der Waals surface area contributed by atoms with Crippen LogP contribution in [-0.4, -0.2) is 12.2 Å². The molecule has 0 saturated heterocycles. The van der Waals surface area contributed by atoms with Crippen LogP contribution in [0.2, 0.25) is 0 Å². The second-order valence-electron chi connectivity index (χ2n) is 4.29. The third kappa shape index (κ3) is 3.29. The molecular weight excluding hydrogens is 259 g/mol. The molecule has 2 nitrogen and oxygen atoms in total. The number of hydrogen-bond donors (Lipinski definition) is 1.